The van der Waals surface area contributed by atoms with Crippen LogP contribution in [-0.4, -0.2) is 38.3 Å². The molecule has 140 valence electrons. The van der Waals surface area contributed by atoms with E-state index in [0.29, 0.717) is 37.2 Å². The largest absolute Gasteiger partial charge is 0.308 e. The van der Waals surface area contributed by atoms with Crippen LogP contribution in [0.3, 0.4) is 0 Å². The number of anilines is 1. The van der Waals surface area contributed by atoms with Crippen LogP contribution in [0.5, 0.6) is 0 Å². The minimum Gasteiger partial charge on any atom is -0.308 e. The first-order valence-corrected chi connectivity index (χ1v) is 10.3. The summed E-state index contributed by atoms with van der Waals surface area (Å²) in [4.78, 5) is 14.7. The van der Waals surface area contributed by atoms with Crippen molar-refractivity contribution in [2.24, 2.45) is 0 Å². The standard InChI is InChI=1S/C20H21N3O3S/c1-3-22(4-2)27(25,26)18-8-9-19-16(13-18)10-11-23(19)20(24)17-7-5-6-15(12-17)14-21/h5-9,12-13H,3-4,10-11H2,1-2H3. The van der Waals surface area contributed by atoms with Crippen LogP contribution in [0.2, 0.25) is 0 Å². The van der Waals surface area contributed by atoms with E-state index in [1.54, 1.807) is 47.4 Å². The number of carbonyl (C=O) groups excluding carboxylic acids is 1. The lowest BCUT2D eigenvalue weighted by molar-refractivity contribution is 0.0989. The summed E-state index contributed by atoms with van der Waals surface area (Å²) < 4.78 is 26.8. The van der Waals surface area contributed by atoms with Crippen LogP contribution in [0.25, 0.3) is 0 Å². The first kappa shape index (κ1) is 19.1. The molecule has 7 heteroatoms. The lowest BCUT2D eigenvalue weighted by Gasteiger charge is -2.20. The maximum absolute atomic E-state index is 12.9. The lowest BCUT2D eigenvalue weighted by atomic mass is 10.1. The van der Waals surface area contributed by atoms with Gasteiger partial charge in [0, 0.05) is 30.9 Å². The Hall–Kier alpha value is -2.69. The Kier molecular flexibility index (Phi) is 5.31. The molecule has 2 aromatic carbocycles. The first-order chi connectivity index (χ1) is 12.9. The van der Waals surface area contributed by atoms with E-state index in [1.807, 2.05) is 19.9 Å². The molecule has 0 aliphatic carbocycles. The molecule has 0 fully saturated rings. The summed E-state index contributed by atoms with van der Waals surface area (Å²) in [6, 6.07) is 13.5. The van der Waals surface area contributed by atoms with Crippen molar-refractivity contribution >= 4 is 21.6 Å². The summed E-state index contributed by atoms with van der Waals surface area (Å²) in [7, 11) is -3.53. The number of rotatable bonds is 5. The molecular weight excluding hydrogens is 362 g/mol. The topological polar surface area (TPSA) is 81.5 Å². The molecule has 2 aromatic rings. The minimum atomic E-state index is -3.53. The van der Waals surface area contributed by atoms with Gasteiger partial charge in [-0.25, -0.2) is 8.42 Å². The second kappa shape index (κ2) is 7.51. The molecule has 1 aliphatic heterocycles. The van der Waals surface area contributed by atoms with E-state index >= 15 is 0 Å². The highest BCUT2D eigenvalue weighted by molar-refractivity contribution is 7.89. The second-order valence-electron chi connectivity index (χ2n) is 6.28. The molecule has 0 saturated carbocycles. The van der Waals surface area contributed by atoms with Crippen molar-refractivity contribution in [2.75, 3.05) is 24.5 Å². The van der Waals surface area contributed by atoms with Gasteiger partial charge in [-0.3, -0.25) is 4.79 Å². The van der Waals surface area contributed by atoms with Crippen molar-refractivity contribution in [1.29, 1.82) is 5.26 Å². The number of nitrogens with zero attached hydrogens (tertiary/aromatic N) is 3. The number of nitriles is 1. The van der Waals surface area contributed by atoms with Crippen molar-refractivity contribution < 1.29 is 13.2 Å². The zero-order valence-electron chi connectivity index (χ0n) is 15.3. The highest BCUT2D eigenvalue weighted by atomic mass is 32.2. The highest BCUT2D eigenvalue weighted by Gasteiger charge is 2.29. The summed E-state index contributed by atoms with van der Waals surface area (Å²) in [6.45, 7) is 4.93. The molecule has 0 unspecified atom stereocenters. The van der Waals surface area contributed by atoms with Gasteiger partial charge in [-0.15, -0.1) is 0 Å². The molecule has 0 spiro atoms. The molecule has 1 amide bonds. The van der Waals surface area contributed by atoms with Gasteiger partial charge in [0.25, 0.3) is 5.91 Å². The molecule has 27 heavy (non-hydrogen) atoms. The van der Waals surface area contributed by atoms with Crippen LogP contribution in [-0.2, 0) is 16.4 Å². The number of sulfonamides is 1. The average molecular weight is 383 g/mol. The van der Waals surface area contributed by atoms with E-state index in [-0.39, 0.29) is 10.8 Å². The average Bonchev–Trinajstić information content (AvgIpc) is 3.11. The SMILES string of the molecule is CCN(CC)S(=O)(=O)c1ccc2c(c1)CCN2C(=O)c1cccc(C#N)c1. The fourth-order valence-corrected chi connectivity index (χ4v) is 4.85. The van der Waals surface area contributed by atoms with E-state index in [0.717, 1.165) is 11.3 Å². The zero-order chi connectivity index (χ0) is 19.6. The molecular formula is C20H21N3O3S. The third kappa shape index (κ3) is 3.46. The molecule has 0 bridgehead atoms. The van der Waals surface area contributed by atoms with Crippen LogP contribution in [0, 0.1) is 11.3 Å². The Morgan fingerprint density at radius 1 is 1.19 bits per heavy atom. The third-order valence-electron chi connectivity index (χ3n) is 4.77. The maximum atomic E-state index is 12.9. The number of fused-ring (bicyclic) bond motifs is 1. The second-order valence-corrected chi connectivity index (χ2v) is 8.22. The van der Waals surface area contributed by atoms with Gasteiger partial charge in [-0.2, -0.15) is 9.57 Å². The van der Waals surface area contributed by atoms with Crippen molar-refractivity contribution in [3.05, 3.63) is 59.2 Å². The number of carbonyl (C=O) groups is 1. The fraction of sp³-hybridized carbons (Fsp3) is 0.300. The fourth-order valence-electron chi connectivity index (χ4n) is 3.34. The van der Waals surface area contributed by atoms with Gasteiger partial charge in [0.2, 0.25) is 10.0 Å². The van der Waals surface area contributed by atoms with E-state index in [4.69, 9.17) is 5.26 Å². The van der Waals surface area contributed by atoms with Crippen molar-refractivity contribution in [2.45, 2.75) is 25.2 Å². The van der Waals surface area contributed by atoms with Gasteiger partial charge in [0.1, 0.15) is 0 Å². The molecule has 0 N–H and O–H groups in total. The Morgan fingerprint density at radius 2 is 1.93 bits per heavy atom. The minimum absolute atomic E-state index is 0.190. The number of benzene rings is 2. The van der Waals surface area contributed by atoms with Crippen LogP contribution in [0.4, 0.5) is 5.69 Å². The van der Waals surface area contributed by atoms with Gasteiger partial charge in [0.05, 0.1) is 16.5 Å². The van der Waals surface area contributed by atoms with E-state index in [1.165, 1.54) is 4.31 Å². The Bertz CT molecular complexity index is 1020. The van der Waals surface area contributed by atoms with Gasteiger partial charge >= 0.3 is 0 Å². The summed E-state index contributed by atoms with van der Waals surface area (Å²) >= 11 is 0. The lowest BCUT2D eigenvalue weighted by Crippen LogP contribution is -2.30. The molecule has 0 saturated heterocycles. The van der Waals surface area contributed by atoms with E-state index in [9.17, 15) is 13.2 Å². The zero-order valence-corrected chi connectivity index (χ0v) is 16.2. The third-order valence-corrected chi connectivity index (χ3v) is 6.82. The van der Waals surface area contributed by atoms with Crippen molar-refractivity contribution in [3.63, 3.8) is 0 Å². The summed E-state index contributed by atoms with van der Waals surface area (Å²) in [5, 5.41) is 9.02. The summed E-state index contributed by atoms with van der Waals surface area (Å²) in [5.41, 5.74) is 2.44. The smallest absolute Gasteiger partial charge is 0.258 e. The van der Waals surface area contributed by atoms with Crippen LogP contribution in [0.15, 0.2) is 47.4 Å². The predicted octanol–water partition coefficient (Wildman–Crippen LogP) is 2.79. The van der Waals surface area contributed by atoms with Crippen molar-refractivity contribution in [1.82, 2.24) is 4.31 Å². The Labute approximate surface area is 159 Å². The molecule has 1 heterocycles. The quantitative estimate of drug-likeness (QED) is 0.795. The predicted molar refractivity (Wildman–Crippen MR) is 103 cm³/mol. The summed E-state index contributed by atoms with van der Waals surface area (Å²) in [6.07, 6.45) is 0.598. The molecule has 0 radical (unpaired) electrons. The molecule has 1 aliphatic rings. The van der Waals surface area contributed by atoms with Gasteiger partial charge in [0.15, 0.2) is 0 Å². The molecule has 0 atom stereocenters. The van der Waals surface area contributed by atoms with Gasteiger partial charge < -0.3 is 4.90 Å². The van der Waals surface area contributed by atoms with Crippen molar-refractivity contribution in [3.8, 4) is 6.07 Å². The molecule has 6 nitrogen and oxygen atoms in total. The van der Waals surface area contributed by atoms with E-state index < -0.39 is 10.0 Å². The van der Waals surface area contributed by atoms with Crippen LogP contribution >= 0.6 is 0 Å². The van der Waals surface area contributed by atoms with E-state index in [2.05, 4.69) is 0 Å². The monoisotopic (exact) mass is 383 g/mol. The Morgan fingerprint density at radius 3 is 2.59 bits per heavy atom. The Balaban J connectivity index is 1.93. The van der Waals surface area contributed by atoms with Crippen LogP contribution in [0.1, 0.15) is 35.3 Å². The first-order valence-electron chi connectivity index (χ1n) is 8.87. The number of amides is 1. The highest BCUT2D eigenvalue weighted by Crippen LogP contribution is 2.32. The summed E-state index contributed by atoms with van der Waals surface area (Å²) in [5.74, 6) is -0.190. The number of hydrogen-bond acceptors (Lipinski definition) is 4. The van der Waals surface area contributed by atoms with Gasteiger partial charge in [-0.1, -0.05) is 19.9 Å². The molecule has 3 rings (SSSR count). The molecule has 0 aromatic heterocycles. The number of hydrogen-bond donors (Lipinski definition) is 0. The maximum Gasteiger partial charge on any atom is 0.258 e. The van der Waals surface area contributed by atoms with Crippen LogP contribution < -0.4 is 4.90 Å². The normalized spacial score (nSPS) is 13.5. The van der Waals surface area contributed by atoms with Gasteiger partial charge in [-0.05, 0) is 48.4 Å².